The molecule has 25 heavy (non-hydrogen) atoms. The van der Waals surface area contributed by atoms with Crippen molar-refractivity contribution in [1.82, 2.24) is 30.2 Å². The molecule has 0 fully saturated rings. The van der Waals surface area contributed by atoms with Gasteiger partial charge in [-0.1, -0.05) is 6.58 Å². The fourth-order valence-electron chi connectivity index (χ4n) is 2.44. The first-order chi connectivity index (χ1) is 11.9. The number of nitrogens with zero attached hydrogens (tertiary/aromatic N) is 4. The Morgan fingerprint density at radius 2 is 2.12 bits per heavy atom. The lowest BCUT2D eigenvalue weighted by atomic mass is 10.0. The van der Waals surface area contributed by atoms with Crippen LogP contribution >= 0.6 is 0 Å². The van der Waals surface area contributed by atoms with E-state index in [2.05, 4.69) is 42.1 Å². The van der Waals surface area contributed by atoms with Crippen molar-refractivity contribution >= 4 is 17.0 Å². The molecule has 0 saturated heterocycles. The van der Waals surface area contributed by atoms with Gasteiger partial charge in [-0.15, -0.1) is 0 Å². The van der Waals surface area contributed by atoms with Gasteiger partial charge in [0.1, 0.15) is 17.8 Å². The van der Waals surface area contributed by atoms with Crippen molar-refractivity contribution in [2.24, 2.45) is 0 Å². The van der Waals surface area contributed by atoms with Gasteiger partial charge in [0, 0.05) is 29.4 Å². The largest absolute Gasteiger partial charge is 0.387 e. The number of likely N-dealkylation sites (N-methyl/N-ethyl adjacent to an activating group) is 1. The fourth-order valence-corrected chi connectivity index (χ4v) is 2.44. The van der Waals surface area contributed by atoms with Crippen LogP contribution in [0.3, 0.4) is 0 Å². The van der Waals surface area contributed by atoms with E-state index < -0.39 is 11.4 Å². The summed E-state index contributed by atoms with van der Waals surface area (Å²) in [7, 11) is 0. The molecule has 0 aromatic carbocycles. The molecule has 7 nitrogen and oxygen atoms in total. The van der Waals surface area contributed by atoms with Gasteiger partial charge in [0.05, 0.1) is 11.7 Å². The third kappa shape index (κ3) is 3.42. The predicted molar refractivity (Wildman–Crippen MR) is 95.4 cm³/mol. The van der Waals surface area contributed by atoms with Crippen molar-refractivity contribution in [3.63, 3.8) is 0 Å². The van der Waals surface area contributed by atoms with Crippen molar-refractivity contribution in [3.8, 4) is 11.4 Å². The molecule has 3 rings (SSSR count). The van der Waals surface area contributed by atoms with Crippen LogP contribution in [0.2, 0.25) is 0 Å². The summed E-state index contributed by atoms with van der Waals surface area (Å²) in [5.41, 5.74) is 1.61. The van der Waals surface area contributed by atoms with Gasteiger partial charge in [-0.05, 0) is 26.8 Å². The summed E-state index contributed by atoms with van der Waals surface area (Å²) in [6, 6.07) is 1.40. The minimum absolute atomic E-state index is 0.410. The third-order valence-corrected chi connectivity index (χ3v) is 3.88. The molecule has 0 unspecified atom stereocenters. The van der Waals surface area contributed by atoms with Crippen LogP contribution in [0.25, 0.3) is 22.4 Å². The second-order valence-electron chi connectivity index (χ2n) is 6.14. The number of rotatable bonds is 6. The van der Waals surface area contributed by atoms with Crippen LogP contribution in [0.4, 0.5) is 10.3 Å². The molecule has 0 atom stereocenters. The van der Waals surface area contributed by atoms with Gasteiger partial charge in [-0.3, -0.25) is 0 Å². The van der Waals surface area contributed by atoms with Gasteiger partial charge in [0.2, 0.25) is 5.95 Å². The summed E-state index contributed by atoms with van der Waals surface area (Å²) in [6.45, 7) is 10.8. The Labute approximate surface area is 144 Å². The van der Waals surface area contributed by atoms with Gasteiger partial charge < -0.3 is 15.6 Å². The maximum Gasteiger partial charge on any atom is 0.226 e. The quantitative estimate of drug-likeness (QED) is 0.638. The molecule has 0 amide bonds. The van der Waals surface area contributed by atoms with Gasteiger partial charge >= 0.3 is 0 Å². The number of anilines is 1. The molecular weight excluding hydrogens is 321 g/mol. The SMILES string of the molecule is C=C(NCC)C(C)(C)Nc1ncnc(-c2c[nH]c3ncc(F)cc23)n1. The minimum Gasteiger partial charge on any atom is -0.387 e. The van der Waals surface area contributed by atoms with Crippen molar-refractivity contribution in [3.05, 3.63) is 42.9 Å². The number of halogens is 1. The highest BCUT2D eigenvalue weighted by Gasteiger charge is 2.23. The average molecular weight is 341 g/mol. The number of fused-ring (bicyclic) bond motifs is 1. The standard InChI is InChI=1S/C17H20FN7/c1-5-19-10(2)17(3,4)25-16-23-9-22-15(24-16)13-8-21-14-12(13)6-11(18)7-20-14/h6-9,19H,2,5H2,1,3-4H3,(H,20,21)(H,22,23,24,25). The van der Waals surface area contributed by atoms with Crippen molar-refractivity contribution in [2.75, 3.05) is 11.9 Å². The molecule has 3 N–H and O–H groups in total. The molecule has 8 heteroatoms. The van der Waals surface area contributed by atoms with Crippen molar-refractivity contribution in [2.45, 2.75) is 26.3 Å². The van der Waals surface area contributed by atoms with Gasteiger partial charge in [0.15, 0.2) is 5.82 Å². The molecule has 0 aliphatic carbocycles. The number of hydrogen-bond donors (Lipinski definition) is 3. The van der Waals surface area contributed by atoms with E-state index in [1.165, 1.54) is 12.4 Å². The lowest BCUT2D eigenvalue weighted by molar-refractivity contribution is 0.597. The summed E-state index contributed by atoms with van der Waals surface area (Å²) in [5.74, 6) is 0.428. The monoisotopic (exact) mass is 341 g/mol. The van der Waals surface area contributed by atoms with E-state index in [-0.39, 0.29) is 0 Å². The molecule has 0 radical (unpaired) electrons. The second kappa shape index (κ2) is 6.46. The van der Waals surface area contributed by atoms with Crippen LogP contribution in [-0.4, -0.2) is 37.0 Å². The Hall–Kier alpha value is -3.03. The van der Waals surface area contributed by atoms with E-state index in [0.717, 1.165) is 18.4 Å². The van der Waals surface area contributed by atoms with E-state index in [1.54, 1.807) is 6.20 Å². The molecular formula is C17H20FN7. The first kappa shape index (κ1) is 16.8. The van der Waals surface area contributed by atoms with E-state index >= 15 is 0 Å². The highest BCUT2D eigenvalue weighted by molar-refractivity contribution is 5.91. The smallest absolute Gasteiger partial charge is 0.226 e. The Kier molecular flexibility index (Phi) is 4.35. The molecule has 0 aliphatic heterocycles. The van der Waals surface area contributed by atoms with Crippen LogP contribution in [0.5, 0.6) is 0 Å². The highest BCUT2D eigenvalue weighted by Crippen LogP contribution is 2.26. The van der Waals surface area contributed by atoms with E-state index in [4.69, 9.17) is 0 Å². The summed E-state index contributed by atoms with van der Waals surface area (Å²) < 4.78 is 13.5. The maximum absolute atomic E-state index is 13.5. The van der Waals surface area contributed by atoms with Crippen LogP contribution in [-0.2, 0) is 0 Å². The van der Waals surface area contributed by atoms with Crippen LogP contribution in [0, 0.1) is 5.82 Å². The lowest BCUT2D eigenvalue weighted by Gasteiger charge is -2.29. The summed E-state index contributed by atoms with van der Waals surface area (Å²) >= 11 is 0. The lowest BCUT2D eigenvalue weighted by Crippen LogP contribution is -2.39. The Morgan fingerprint density at radius 3 is 2.88 bits per heavy atom. The number of pyridine rings is 1. The maximum atomic E-state index is 13.5. The number of aromatic amines is 1. The topological polar surface area (TPSA) is 91.4 Å². The molecule has 130 valence electrons. The number of nitrogens with one attached hydrogen (secondary N) is 3. The average Bonchev–Trinajstić information content (AvgIpc) is 2.98. The first-order valence-electron chi connectivity index (χ1n) is 7.94. The minimum atomic E-state index is -0.456. The molecule has 0 aliphatic rings. The van der Waals surface area contributed by atoms with E-state index in [0.29, 0.717) is 28.4 Å². The Bertz CT molecular complexity index is 916. The zero-order valence-corrected chi connectivity index (χ0v) is 14.4. The summed E-state index contributed by atoms with van der Waals surface area (Å²) in [5, 5.41) is 7.05. The van der Waals surface area contributed by atoms with Crippen LogP contribution in [0.1, 0.15) is 20.8 Å². The molecule has 0 spiro atoms. The van der Waals surface area contributed by atoms with E-state index in [1.807, 2.05) is 20.8 Å². The van der Waals surface area contributed by atoms with Crippen LogP contribution in [0.15, 0.2) is 37.1 Å². The fraction of sp³-hybridized carbons (Fsp3) is 0.294. The molecule has 0 saturated carbocycles. The van der Waals surface area contributed by atoms with Gasteiger partial charge in [-0.2, -0.15) is 4.98 Å². The van der Waals surface area contributed by atoms with Crippen LogP contribution < -0.4 is 10.6 Å². The molecule has 3 heterocycles. The Balaban J connectivity index is 1.93. The number of aromatic nitrogens is 5. The molecule has 0 bridgehead atoms. The predicted octanol–water partition coefficient (Wildman–Crippen LogP) is 2.87. The third-order valence-electron chi connectivity index (χ3n) is 3.88. The Morgan fingerprint density at radius 1 is 1.32 bits per heavy atom. The zero-order valence-electron chi connectivity index (χ0n) is 14.4. The summed E-state index contributed by atoms with van der Waals surface area (Å²) in [4.78, 5) is 19.8. The summed E-state index contributed by atoms with van der Waals surface area (Å²) in [6.07, 6.45) is 4.29. The highest BCUT2D eigenvalue weighted by atomic mass is 19.1. The van der Waals surface area contributed by atoms with Crippen molar-refractivity contribution in [1.29, 1.82) is 0 Å². The molecule has 3 aromatic rings. The normalized spacial score (nSPS) is 11.5. The zero-order chi connectivity index (χ0) is 18.0. The van der Waals surface area contributed by atoms with Crippen molar-refractivity contribution < 1.29 is 4.39 Å². The number of H-pyrrole nitrogens is 1. The second-order valence-corrected chi connectivity index (χ2v) is 6.14. The number of hydrogen-bond acceptors (Lipinski definition) is 6. The van der Waals surface area contributed by atoms with Gasteiger partial charge in [0.25, 0.3) is 0 Å². The van der Waals surface area contributed by atoms with Gasteiger partial charge in [-0.25, -0.2) is 19.3 Å². The molecule has 3 aromatic heterocycles. The van der Waals surface area contributed by atoms with E-state index in [9.17, 15) is 4.39 Å². The first-order valence-corrected chi connectivity index (χ1v) is 7.94.